The van der Waals surface area contributed by atoms with Crippen molar-refractivity contribution in [3.8, 4) is 5.75 Å². The molecule has 0 radical (unpaired) electrons. The van der Waals surface area contributed by atoms with Crippen LogP contribution in [-0.2, 0) is 4.79 Å². The van der Waals surface area contributed by atoms with Gasteiger partial charge in [-0.15, -0.1) is 10.2 Å². The minimum atomic E-state index is -0.108. The van der Waals surface area contributed by atoms with Crippen molar-refractivity contribution in [2.45, 2.75) is 6.92 Å². The molecule has 0 saturated carbocycles. The van der Waals surface area contributed by atoms with Gasteiger partial charge in [0.15, 0.2) is 0 Å². The van der Waals surface area contributed by atoms with Gasteiger partial charge < -0.3 is 10.4 Å². The monoisotopic (exact) mass is 303 g/mol. The molecule has 0 atom stereocenters. The Morgan fingerprint density at radius 2 is 1.78 bits per heavy atom. The summed E-state index contributed by atoms with van der Waals surface area (Å²) in [7, 11) is 0. The lowest BCUT2D eigenvalue weighted by atomic mass is 10.1. The van der Waals surface area contributed by atoms with E-state index in [2.05, 4.69) is 15.5 Å². The van der Waals surface area contributed by atoms with E-state index in [9.17, 15) is 9.90 Å². The van der Waals surface area contributed by atoms with Gasteiger partial charge in [0, 0.05) is 34.2 Å². The fourth-order valence-corrected chi connectivity index (χ4v) is 2.86. The summed E-state index contributed by atoms with van der Waals surface area (Å²) in [6.07, 6.45) is 2.00. The molecule has 1 aliphatic carbocycles. The number of hydrogen-bond donors (Lipinski definition) is 2. The SMILES string of the molecule is CC(=O)Nc1cccc2c1=CC1=C(c3ccc(O)cc3)N=NC=21. The number of phenols is 1. The average molecular weight is 303 g/mol. The lowest BCUT2D eigenvalue weighted by Crippen LogP contribution is -2.27. The summed E-state index contributed by atoms with van der Waals surface area (Å²) in [4.78, 5) is 11.4. The predicted octanol–water partition coefficient (Wildman–Crippen LogP) is 2.13. The Balaban J connectivity index is 1.93. The van der Waals surface area contributed by atoms with E-state index in [-0.39, 0.29) is 11.7 Å². The predicted molar refractivity (Wildman–Crippen MR) is 87.8 cm³/mol. The zero-order valence-electron chi connectivity index (χ0n) is 12.4. The van der Waals surface area contributed by atoms with E-state index in [1.54, 1.807) is 12.1 Å². The van der Waals surface area contributed by atoms with E-state index in [0.29, 0.717) is 0 Å². The first-order valence-electron chi connectivity index (χ1n) is 7.22. The number of carbonyl (C=O) groups is 1. The maximum absolute atomic E-state index is 11.4. The maximum Gasteiger partial charge on any atom is 0.221 e. The van der Waals surface area contributed by atoms with E-state index < -0.39 is 0 Å². The normalized spacial score (nSPS) is 14.6. The van der Waals surface area contributed by atoms with Crippen LogP contribution in [-0.4, -0.2) is 11.0 Å². The molecule has 23 heavy (non-hydrogen) atoms. The molecule has 4 rings (SSSR count). The minimum absolute atomic E-state index is 0.108. The van der Waals surface area contributed by atoms with Crippen molar-refractivity contribution in [2.24, 2.45) is 10.2 Å². The highest BCUT2D eigenvalue weighted by atomic mass is 16.3. The summed E-state index contributed by atoms with van der Waals surface area (Å²) in [5, 5.41) is 22.8. The second kappa shape index (κ2) is 4.91. The third kappa shape index (κ3) is 2.14. The van der Waals surface area contributed by atoms with Crippen LogP contribution in [0.2, 0.25) is 0 Å². The second-order valence-electron chi connectivity index (χ2n) is 5.45. The third-order valence-electron chi connectivity index (χ3n) is 3.86. The van der Waals surface area contributed by atoms with Gasteiger partial charge in [-0.2, -0.15) is 0 Å². The molecule has 2 aromatic rings. The fraction of sp³-hybridized carbons (Fsp3) is 0.0556. The second-order valence-corrected chi connectivity index (χ2v) is 5.45. The van der Waals surface area contributed by atoms with Gasteiger partial charge in [-0.05, 0) is 36.4 Å². The number of anilines is 1. The van der Waals surface area contributed by atoms with Crippen LogP contribution >= 0.6 is 0 Å². The zero-order chi connectivity index (χ0) is 16.0. The van der Waals surface area contributed by atoms with Gasteiger partial charge in [-0.1, -0.05) is 12.1 Å². The number of fused-ring (bicyclic) bond motifs is 2. The molecule has 5 heteroatoms. The minimum Gasteiger partial charge on any atom is -0.508 e. The van der Waals surface area contributed by atoms with Gasteiger partial charge in [0.2, 0.25) is 5.91 Å². The maximum atomic E-state index is 11.4. The molecule has 0 unspecified atom stereocenters. The van der Waals surface area contributed by atoms with E-state index in [1.807, 2.05) is 36.4 Å². The summed E-state index contributed by atoms with van der Waals surface area (Å²) in [6, 6.07) is 12.6. The number of rotatable bonds is 2. The third-order valence-corrected chi connectivity index (χ3v) is 3.86. The number of benzene rings is 2. The zero-order valence-corrected chi connectivity index (χ0v) is 12.4. The van der Waals surface area contributed by atoms with Gasteiger partial charge in [0.25, 0.3) is 0 Å². The van der Waals surface area contributed by atoms with Crippen LogP contribution in [0.25, 0.3) is 17.5 Å². The summed E-state index contributed by atoms with van der Waals surface area (Å²) in [5.41, 5.74) is 4.18. The van der Waals surface area contributed by atoms with Crippen LogP contribution in [0.1, 0.15) is 12.5 Å². The van der Waals surface area contributed by atoms with Crippen LogP contribution in [0.4, 0.5) is 5.69 Å². The average Bonchev–Trinajstić information content (AvgIpc) is 3.08. The Kier molecular flexibility index (Phi) is 2.87. The lowest BCUT2D eigenvalue weighted by Gasteiger charge is -2.02. The van der Waals surface area contributed by atoms with E-state index in [1.165, 1.54) is 6.92 Å². The van der Waals surface area contributed by atoms with Crippen LogP contribution in [0.15, 0.2) is 58.3 Å². The van der Waals surface area contributed by atoms with E-state index >= 15 is 0 Å². The first-order chi connectivity index (χ1) is 11.1. The molecular formula is C18H13N3O2. The molecule has 1 heterocycles. The molecule has 2 aliphatic rings. The molecular weight excluding hydrogens is 290 g/mol. The standard InChI is InChI=1S/C18H13N3O2/c1-10(22)19-16-4-2-3-13-14(16)9-15-17(20-21-18(13)15)11-5-7-12(23)8-6-11/h2-9,23H,1H3,(H,19,22). The number of aromatic hydroxyl groups is 1. The van der Waals surface area contributed by atoms with Crippen molar-refractivity contribution in [1.82, 2.24) is 0 Å². The quantitative estimate of drug-likeness (QED) is 0.892. The van der Waals surface area contributed by atoms with Crippen LogP contribution < -0.4 is 15.8 Å². The van der Waals surface area contributed by atoms with E-state index in [4.69, 9.17) is 0 Å². The van der Waals surface area contributed by atoms with Crippen molar-refractivity contribution in [3.63, 3.8) is 0 Å². The Labute approximate surface area is 132 Å². The van der Waals surface area contributed by atoms with Gasteiger partial charge in [0.05, 0.1) is 0 Å². The largest absolute Gasteiger partial charge is 0.508 e. The number of phenolic OH excluding ortho intramolecular Hbond substituents is 1. The Bertz CT molecular complexity index is 1020. The molecule has 0 fully saturated rings. The summed E-state index contributed by atoms with van der Waals surface area (Å²) in [6.45, 7) is 1.49. The van der Waals surface area contributed by atoms with E-state index in [0.717, 1.165) is 38.7 Å². The number of nitrogens with zero attached hydrogens (tertiary/aromatic N) is 2. The van der Waals surface area contributed by atoms with Crippen molar-refractivity contribution in [1.29, 1.82) is 0 Å². The molecule has 5 nitrogen and oxygen atoms in total. The van der Waals surface area contributed by atoms with Crippen LogP contribution in [0.5, 0.6) is 5.75 Å². The van der Waals surface area contributed by atoms with Crippen molar-refractivity contribution in [3.05, 3.63) is 64.0 Å². The van der Waals surface area contributed by atoms with Gasteiger partial charge in [0.1, 0.15) is 17.1 Å². The van der Waals surface area contributed by atoms with Gasteiger partial charge in [-0.25, -0.2) is 0 Å². The Morgan fingerprint density at radius 1 is 1.04 bits per heavy atom. The number of nitrogens with one attached hydrogen (secondary N) is 1. The molecule has 1 aliphatic heterocycles. The van der Waals surface area contributed by atoms with Crippen molar-refractivity contribution >= 4 is 29.1 Å². The lowest BCUT2D eigenvalue weighted by molar-refractivity contribution is -0.114. The molecule has 0 bridgehead atoms. The fourth-order valence-electron chi connectivity index (χ4n) is 2.86. The Morgan fingerprint density at radius 3 is 2.52 bits per heavy atom. The number of amides is 1. The van der Waals surface area contributed by atoms with Crippen molar-refractivity contribution < 1.29 is 9.90 Å². The highest BCUT2D eigenvalue weighted by Gasteiger charge is 2.23. The summed E-state index contributed by atoms with van der Waals surface area (Å²) < 4.78 is 0. The Hall–Kier alpha value is -3.21. The number of carbonyl (C=O) groups excluding carboxylic acids is 1. The number of azo groups is 1. The topological polar surface area (TPSA) is 74.0 Å². The highest BCUT2D eigenvalue weighted by Crippen LogP contribution is 2.35. The van der Waals surface area contributed by atoms with Crippen LogP contribution in [0.3, 0.4) is 0 Å². The summed E-state index contributed by atoms with van der Waals surface area (Å²) >= 11 is 0. The van der Waals surface area contributed by atoms with Gasteiger partial charge in [-0.3, -0.25) is 4.79 Å². The highest BCUT2D eigenvalue weighted by molar-refractivity contribution is 5.97. The van der Waals surface area contributed by atoms with Crippen LogP contribution in [0, 0.1) is 0 Å². The molecule has 0 spiro atoms. The van der Waals surface area contributed by atoms with Crippen molar-refractivity contribution in [2.75, 3.05) is 5.32 Å². The molecule has 0 aromatic heterocycles. The molecule has 2 aromatic carbocycles. The van der Waals surface area contributed by atoms with Gasteiger partial charge >= 0.3 is 0 Å². The molecule has 0 saturated heterocycles. The first-order valence-corrected chi connectivity index (χ1v) is 7.22. The number of hydrogen-bond acceptors (Lipinski definition) is 4. The summed E-state index contributed by atoms with van der Waals surface area (Å²) in [5.74, 6) is 0.105. The smallest absolute Gasteiger partial charge is 0.221 e. The molecule has 2 N–H and O–H groups in total. The molecule has 112 valence electrons. The first kappa shape index (κ1) is 13.5. The molecule has 1 amide bonds.